The Bertz CT molecular complexity index is 391. The molecule has 0 radical (unpaired) electrons. The number of carbonyl (C=O) groups is 1. The van der Waals surface area contributed by atoms with Crippen molar-refractivity contribution >= 4 is 21.9 Å². The SMILES string of the molecule is CCOC(=O)c1cccc(CCCBr)c1OCC. The molecule has 0 bridgehead atoms. The van der Waals surface area contributed by atoms with Gasteiger partial charge in [0.15, 0.2) is 0 Å². The van der Waals surface area contributed by atoms with E-state index in [-0.39, 0.29) is 5.97 Å². The van der Waals surface area contributed by atoms with Gasteiger partial charge in [-0.1, -0.05) is 28.1 Å². The van der Waals surface area contributed by atoms with Gasteiger partial charge in [0.1, 0.15) is 11.3 Å². The third-order valence-electron chi connectivity index (χ3n) is 2.46. The maximum atomic E-state index is 11.9. The molecule has 0 amide bonds. The van der Waals surface area contributed by atoms with Crippen LogP contribution in [0.5, 0.6) is 5.75 Å². The van der Waals surface area contributed by atoms with Crippen molar-refractivity contribution in [2.45, 2.75) is 26.7 Å². The number of esters is 1. The molecule has 4 heteroatoms. The first kappa shape index (κ1) is 15.0. The zero-order valence-electron chi connectivity index (χ0n) is 10.9. The molecule has 1 aromatic rings. The second-order valence-corrected chi connectivity index (χ2v) is 4.53. The number of halogens is 1. The first-order valence-electron chi connectivity index (χ1n) is 6.22. The van der Waals surface area contributed by atoms with Crippen LogP contribution in [-0.4, -0.2) is 24.5 Å². The first-order valence-corrected chi connectivity index (χ1v) is 7.34. The molecule has 100 valence electrons. The van der Waals surface area contributed by atoms with Crippen LogP contribution in [0.15, 0.2) is 18.2 Å². The number of para-hydroxylation sites is 1. The number of carbonyl (C=O) groups excluding carboxylic acids is 1. The molecule has 1 rings (SSSR count). The minimum Gasteiger partial charge on any atom is -0.493 e. The summed E-state index contributed by atoms with van der Waals surface area (Å²) in [7, 11) is 0. The molecule has 0 N–H and O–H groups in total. The van der Waals surface area contributed by atoms with Crippen molar-refractivity contribution in [3.05, 3.63) is 29.3 Å². The Kier molecular flexibility index (Phi) is 6.80. The summed E-state index contributed by atoms with van der Waals surface area (Å²) in [5, 5.41) is 0.933. The van der Waals surface area contributed by atoms with Crippen LogP contribution < -0.4 is 4.74 Å². The number of hydrogen-bond acceptors (Lipinski definition) is 3. The lowest BCUT2D eigenvalue weighted by atomic mass is 10.0. The van der Waals surface area contributed by atoms with E-state index in [2.05, 4.69) is 15.9 Å². The van der Waals surface area contributed by atoms with Crippen LogP contribution in [-0.2, 0) is 11.2 Å². The summed E-state index contributed by atoms with van der Waals surface area (Å²) in [5.41, 5.74) is 1.58. The maximum absolute atomic E-state index is 11.9. The Balaban J connectivity index is 3.04. The Hall–Kier alpha value is -1.03. The van der Waals surface area contributed by atoms with E-state index in [9.17, 15) is 4.79 Å². The largest absolute Gasteiger partial charge is 0.493 e. The smallest absolute Gasteiger partial charge is 0.341 e. The molecular formula is C14H19BrO3. The molecule has 18 heavy (non-hydrogen) atoms. The molecule has 0 aliphatic carbocycles. The van der Waals surface area contributed by atoms with Crippen LogP contribution in [0, 0.1) is 0 Å². The highest BCUT2D eigenvalue weighted by Gasteiger charge is 2.16. The summed E-state index contributed by atoms with van der Waals surface area (Å²) in [6.07, 6.45) is 1.89. The topological polar surface area (TPSA) is 35.5 Å². The van der Waals surface area contributed by atoms with Gasteiger partial charge in [0.2, 0.25) is 0 Å². The average molecular weight is 315 g/mol. The molecule has 3 nitrogen and oxygen atoms in total. The predicted octanol–water partition coefficient (Wildman–Crippen LogP) is 3.59. The normalized spacial score (nSPS) is 10.2. The Morgan fingerprint density at radius 2 is 2.06 bits per heavy atom. The number of rotatable bonds is 7. The van der Waals surface area contributed by atoms with Gasteiger partial charge in [-0.15, -0.1) is 0 Å². The van der Waals surface area contributed by atoms with Gasteiger partial charge >= 0.3 is 5.97 Å². The van der Waals surface area contributed by atoms with E-state index in [0.717, 1.165) is 23.7 Å². The highest BCUT2D eigenvalue weighted by Crippen LogP contribution is 2.26. The van der Waals surface area contributed by atoms with E-state index in [1.165, 1.54) is 0 Å². The molecule has 0 aliphatic heterocycles. The number of hydrogen-bond donors (Lipinski definition) is 0. The fourth-order valence-electron chi connectivity index (χ4n) is 1.72. The highest BCUT2D eigenvalue weighted by molar-refractivity contribution is 9.09. The van der Waals surface area contributed by atoms with E-state index in [0.29, 0.717) is 24.5 Å². The minimum atomic E-state index is -0.318. The number of aryl methyl sites for hydroxylation is 1. The molecule has 1 aromatic carbocycles. The number of alkyl halides is 1. The molecule has 0 unspecified atom stereocenters. The van der Waals surface area contributed by atoms with Crippen molar-refractivity contribution in [1.82, 2.24) is 0 Å². The summed E-state index contributed by atoms with van der Waals surface area (Å²) < 4.78 is 10.7. The van der Waals surface area contributed by atoms with E-state index < -0.39 is 0 Å². The fraction of sp³-hybridized carbons (Fsp3) is 0.500. The first-order chi connectivity index (χ1) is 8.74. The average Bonchev–Trinajstić information content (AvgIpc) is 2.38. The minimum absolute atomic E-state index is 0.318. The van der Waals surface area contributed by atoms with Crippen molar-refractivity contribution < 1.29 is 14.3 Å². The van der Waals surface area contributed by atoms with E-state index in [4.69, 9.17) is 9.47 Å². The number of benzene rings is 1. The third kappa shape index (κ3) is 4.02. The lowest BCUT2D eigenvalue weighted by molar-refractivity contribution is 0.0521. The van der Waals surface area contributed by atoms with E-state index in [1.54, 1.807) is 13.0 Å². The lowest BCUT2D eigenvalue weighted by Gasteiger charge is -2.14. The Morgan fingerprint density at radius 3 is 2.67 bits per heavy atom. The summed E-state index contributed by atoms with van der Waals surface area (Å²) in [4.78, 5) is 11.9. The van der Waals surface area contributed by atoms with Gasteiger partial charge in [-0.25, -0.2) is 4.79 Å². The van der Waals surface area contributed by atoms with Gasteiger partial charge in [0.05, 0.1) is 13.2 Å². The second-order valence-electron chi connectivity index (χ2n) is 3.74. The van der Waals surface area contributed by atoms with Gasteiger partial charge in [-0.3, -0.25) is 0 Å². The van der Waals surface area contributed by atoms with Crippen molar-refractivity contribution in [2.75, 3.05) is 18.5 Å². The highest BCUT2D eigenvalue weighted by atomic mass is 79.9. The number of ether oxygens (including phenoxy) is 2. The van der Waals surface area contributed by atoms with Crippen molar-refractivity contribution in [3.63, 3.8) is 0 Å². The van der Waals surface area contributed by atoms with Crippen LogP contribution in [0.25, 0.3) is 0 Å². The van der Waals surface area contributed by atoms with Crippen molar-refractivity contribution in [2.24, 2.45) is 0 Å². The van der Waals surface area contributed by atoms with Gasteiger partial charge in [0, 0.05) is 5.33 Å². The molecule has 0 spiro atoms. The molecule has 0 heterocycles. The van der Waals surface area contributed by atoms with Gasteiger partial charge in [0.25, 0.3) is 0 Å². The summed E-state index contributed by atoms with van der Waals surface area (Å²) in [5.74, 6) is 0.348. The van der Waals surface area contributed by atoms with E-state index in [1.807, 2.05) is 19.1 Å². The molecule has 0 fully saturated rings. The Labute approximate surface area is 117 Å². The molecule has 0 aliphatic rings. The Morgan fingerprint density at radius 1 is 1.28 bits per heavy atom. The van der Waals surface area contributed by atoms with Gasteiger partial charge < -0.3 is 9.47 Å². The zero-order valence-corrected chi connectivity index (χ0v) is 12.5. The molecule has 0 aromatic heterocycles. The zero-order chi connectivity index (χ0) is 13.4. The van der Waals surface area contributed by atoms with Crippen molar-refractivity contribution in [1.29, 1.82) is 0 Å². The quantitative estimate of drug-likeness (QED) is 0.570. The fourth-order valence-corrected chi connectivity index (χ4v) is 2.00. The van der Waals surface area contributed by atoms with Crippen LogP contribution in [0.1, 0.15) is 36.2 Å². The monoisotopic (exact) mass is 314 g/mol. The summed E-state index contributed by atoms with van der Waals surface area (Å²) >= 11 is 3.41. The van der Waals surface area contributed by atoms with Gasteiger partial charge in [-0.2, -0.15) is 0 Å². The standard InChI is InChI=1S/C14H19BrO3/c1-3-17-13-11(8-6-10-15)7-5-9-12(13)14(16)18-4-2/h5,7,9H,3-4,6,8,10H2,1-2H3. The molecular weight excluding hydrogens is 296 g/mol. The predicted molar refractivity (Wildman–Crippen MR) is 75.7 cm³/mol. The maximum Gasteiger partial charge on any atom is 0.341 e. The van der Waals surface area contributed by atoms with Gasteiger partial charge in [-0.05, 0) is 38.3 Å². The van der Waals surface area contributed by atoms with E-state index >= 15 is 0 Å². The van der Waals surface area contributed by atoms with Crippen LogP contribution >= 0.6 is 15.9 Å². The van der Waals surface area contributed by atoms with Crippen molar-refractivity contribution in [3.8, 4) is 5.75 Å². The van der Waals surface area contributed by atoms with Crippen LogP contribution in [0.4, 0.5) is 0 Å². The summed E-state index contributed by atoms with van der Waals surface area (Å²) in [6.45, 7) is 4.62. The summed E-state index contributed by atoms with van der Waals surface area (Å²) in [6, 6.07) is 5.62. The molecule has 0 saturated heterocycles. The lowest BCUT2D eigenvalue weighted by Crippen LogP contribution is -2.09. The second kappa shape index (κ2) is 8.14. The van der Waals surface area contributed by atoms with Crippen LogP contribution in [0.3, 0.4) is 0 Å². The molecule has 0 saturated carbocycles. The van der Waals surface area contributed by atoms with Crippen LogP contribution in [0.2, 0.25) is 0 Å². The molecule has 0 atom stereocenters. The third-order valence-corrected chi connectivity index (χ3v) is 3.02.